The van der Waals surface area contributed by atoms with Gasteiger partial charge in [0, 0.05) is 12.6 Å². The predicted octanol–water partition coefficient (Wildman–Crippen LogP) is 0.346. The Kier molecular flexibility index (Phi) is 8.88. The summed E-state index contributed by atoms with van der Waals surface area (Å²) in [6, 6.07) is 2.94. The van der Waals surface area contributed by atoms with Crippen molar-refractivity contribution in [3.8, 4) is 0 Å². The van der Waals surface area contributed by atoms with Crippen molar-refractivity contribution in [1.82, 2.24) is 5.43 Å². The van der Waals surface area contributed by atoms with Gasteiger partial charge < -0.3 is 10.1 Å². The number of benzene rings is 1. The zero-order valence-electron chi connectivity index (χ0n) is 10.9. The summed E-state index contributed by atoms with van der Waals surface area (Å²) in [4.78, 5) is 9.42. The number of aliphatic hydroxyl groups is 1. The summed E-state index contributed by atoms with van der Waals surface area (Å²) in [6.07, 6.45) is 0.403. The van der Waals surface area contributed by atoms with Crippen molar-refractivity contribution in [2.24, 2.45) is 11.7 Å². The molecule has 0 aliphatic carbocycles. The molecule has 108 valence electrons. The molecule has 1 rings (SSSR count). The first-order chi connectivity index (χ1) is 9.03. The number of hydrazine groups is 2. The van der Waals surface area contributed by atoms with E-state index >= 15 is 0 Å². The van der Waals surface area contributed by atoms with Gasteiger partial charge in [-0.05, 0) is 17.9 Å². The summed E-state index contributed by atoms with van der Waals surface area (Å²) < 4.78 is 13.5. The molecule has 0 saturated heterocycles. The number of hydrogen-bond acceptors (Lipinski definition) is 6. The number of aliphatic hydroxyl groups excluding tert-OH is 1. The van der Waals surface area contributed by atoms with Crippen molar-refractivity contribution in [2.75, 3.05) is 17.8 Å². The Hall–Kier alpha value is -1.35. The third-order valence-corrected chi connectivity index (χ3v) is 3.10. The second-order valence-electron chi connectivity index (χ2n) is 3.36. The summed E-state index contributed by atoms with van der Waals surface area (Å²) in [6.45, 7) is 1.72. The van der Waals surface area contributed by atoms with E-state index in [0.29, 0.717) is 22.6 Å². The number of hydrogen-bond donors (Lipinski definition) is 4. The molecule has 1 amide bonds. The van der Waals surface area contributed by atoms with E-state index in [1.165, 1.54) is 22.8 Å². The number of thioether (sulfide) groups is 1. The van der Waals surface area contributed by atoms with Crippen LogP contribution < -0.4 is 22.1 Å². The van der Waals surface area contributed by atoms with Gasteiger partial charge in [-0.2, -0.15) is 0 Å². The summed E-state index contributed by atoms with van der Waals surface area (Å²) in [5.41, 5.74) is 2.95. The first kappa shape index (κ1) is 17.6. The number of halogens is 1. The minimum atomic E-state index is -0.309. The maximum absolute atomic E-state index is 13.5. The summed E-state index contributed by atoms with van der Waals surface area (Å²) in [5.74, 6) is 10.4. The van der Waals surface area contributed by atoms with Gasteiger partial charge in [-0.1, -0.05) is 6.92 Å². The second kappa shape index (κ2) is 9.56. The zero-order valence-corrected chi connectivity index (χ0v) is 11.7. The SMILES string of the molecule is CCSc1c(F)ccc(N(C)N)c1CO.NNC=O. The molecule has 0 heterocycles. The number of nitrogens with one attached hydrogen (secondary N) is 1. The van der Waals surface area contributed by atoms with E-state index in [0.717, 1.165) is 5.75 Å². The van der Waals surface area contributed by atoms with Gasteiger partial charge in [0.05, 0.1) is 17.2 Å². The summed E-state index contributed by atoms with van der Waals surface area (Å²) >= 11 is 1.37. The van der Waals surface area contributed by atoms with Crippen molar-refractivity contribution >= 4 is 23.9 Å². The number of nitrogens with two attached hydrogens (primary N) is 2. The van der Waals surface area contributed by atoms with E-state index in [2.05, 4.69) is 5.84 Å². The maximum Gasteiger partial charge on any atom is 0.221 e. The molecule has 6 nitrogen and oxygen atoms in total. The number of nitrogens with zero attached hydrogens (tertiary/aromatic N) is 1. The van der Waals surface area contributed by atoms with Crippen LogP contribution in [-0.4, -0.2) is 24.3 Å². The number of rotatable bonds is 5. The van der Waals surface area contributed by atoms with E-state index in [9.17, 15) is 9.50 Å². The Morgan fingerprint density at radius 3 is 2.53 bits per heavy atom. The van der Waals surface area contributed by atoms with Gasteiger partial charge in [0.1, 0.15) is 5.82 Å². The topological polar surface area (TPSA) is 105 Å². The third-order valence-electron chi connectivity index (χ3n) is 2.08. The highest BCUT2D eigenvalue weighted by Gasteiger charge is 2.14. The average molecular weight is 290 g/mol. The smallest absolute Gasteiger partial charge is 0.221 e. The van der Waals surface area contributed by atoms with Crippen molar-refractivity contribution in [2.45, 2.75) is 18.4 Å². The zero-order chi connectivity index (χ0) is 14.8. The van der Waals surface area contributed by atoms with Crippen molar-refractivity contribution in [3.05, 3.63) is 23.5 Å². The number of carbonyl (C=O) groups excluding carboxylic acids is 1. The molecular weight excluding hydrogens is 271 g/mol. The Morgan fingerprint density at radius 1 is 1.58 bits per heavy atom. The van der Waals surface area contributed by atoms with Crippen molar-refractivity contribution in [1.29, 1.82) is 0 Å². The fraction of sp³-hybridized carbons (Fsp3) is 0.364. The molecule has 0 spiro atoms. The van der Waals surface area contributed by atoms with Crippen LogP contribution >= 0.6 is 11.8 Å². The number of amides is 1. The lowest BCUT2D eigenvalue weighted by atomic mass is 10.2. The molecular formula is C11H19FN4O2S. The van der Waals surface area contributed by atoms with Gasteiger partial charge in [-0.25, -0.2) is 16.1 Å². The highest BCUT2D eigenvalue weighted by molar-refractivity contribution is 7.99. The maximum atomic E-state index is 13.5. The van der Waals surface area contributed by atoms with E-state index in [1.807, 2.05) is 6.92 Å². The third kappa shape index (κ3) is 5.43. The van der Waals surface area contributed by atoms with E-state index in [4.69, 9.17) is 10.6 Å². The van der Waals surface area contributed by atoms with Crippen LogP contribution in [0.4, 0.5) is 10.1 Å². The minimum Gasteiger partial charge on any atom is -0.392 e. The number of anilines is 1. The fourth-order valence-electron chi connectivity index (χ4n) is 1.37. The Balaban J connectivity index is 0.000000711. The van der Waals surface area contributed by atoms with Crippen LogP contribution in [0.25, 0.3) is 0 Å². The van der Waals surface area contributed by atoms with Gasteiger partial charge >= 0.3 is 0 Å². The van der Waals surface area contributed by atoms with Crippen LogP contribution in [0.5, 0.6) is 0 Å². The summed E-state index contributed by atoms with van der Waals surface area (Å²) in [7, 11) is 1.66. The molecule has 6 N–H and O–H groups in total. The predicted molar refractivity (Wildman–Crippen MR) is 74.7 cm³/mol. The van der Waals surface area contributed by atoms with Crippen LogP contribution in [0.2, 0.25) is 0 Å². The lowest BCUT2D eigenvalue weighted by molar-refractivity contribution is -0.109. The Bertz CT molecular complexity index is 405. The molecule has 8 heteroatoms. The normalized spacial score (nSPS) is 9.37. The lowest BCUT2D eigenvalue weighted by Crippen LogP contribution is -2.26. The molecule has 1 aromatic carbocycles. The van der Waals surface area contributed by atoms with Crippen molar-refractivity contribution in [3.63, 3.8) is 0 Å². The highest BCUT2D eigenvalue weighted by Crippen LogP contribution is 2.32. The first-order valence-electron chi connectivity index (χ1n) is 5.46. The molecule has 0 aliphatic rings. The number of carbonyl (C=O) groups is 1. The molecule has 0 aromatic heterocycles. The van der Waals surface area contributed by atoms with Crippen LogP contribution in [0.1, 0.15) is 12.5 Å². The van der Waals surface area contributed by atoms with Gasteiger partial charge in [0.15, 0.2) is 0 Å². The van der Waals surface area contributed by atoms with Crippen LogP contribution in [0.3, 0.4) is 0 Å². The molecule has 1 aromatic rings. The van der Waals surface area contributed by atoms with Gasteiger partial charge in [0.2, 0.25) is 6.41 Å². The molecule has 0 unspecified atom stereocenters. The van der Waals surface area contributed by atoms with Crippen LogP contribution in [0, 0.1) is 5.82 Å². The van der Waals surface area contributed by atoms with E-state index < -0.39 is 0 Å². The highest BCUT2D eigenvalue weighted by atomic mass is 32.2. The van der Waals surface area contributed by atoms with Crippen LogP contribution in [-0.2, 0) is 11.4 Å². The summed E-state index contributed by atoms with van der Waals surface area (Å²) in [5, 5.41) is 10.6. The lowest BCUT2D eigenvalue weighted by Gasteiger charge is -2.18. The average Bonchev–Trinajstić information content (AvgIpc) is 2.41. The quantitative estimate of drug-likeness (QED) is 0.205. The van der Waals surface area contributed by atoms with E-state index in [-0.39, 0.29) is 12.4 Å². The molecule has 0 radical (unpaired) electrons. The van der Waals surface area contributed by atoms with Crippen molar-refractivity contribution < 1.29 is 14.3 Å². The molecule has 19 heavy (non-hydrogen) atoms. The molecule has 0 atom stereocenters. The largest absolute Gasteiger partial charge is 0.392 e. The molecule has 0 fully saturated rings. The van der Waals surface area contributed by atoms with Crippen LogP contribution in [0.15, 0.2) is 17.0 Å². The molecule has 0 aliphatic heterocycles. The van der Waals surface area contributed by atoms with Gasteiger partial charge in [0.25, 0.3) is 0 Å². The first-order valence-corrected chi connectivity index (χ1v) is 6.45. The molecule has 0 bridgehead atoms. The van der Waals surface area contributed by atoms with Gasteiger partial charge in [-0.15, -0.1) is 11.8 Å². The molecule has 0 saturated carbocycles. The monoisotopic (exact) mass is 290 g/mol. The fourth-order valence-corrected chi connectivity index (χ4v) is 2.21. The standard InChI is InChI=1S/C10H15FN2OS.CH4N2O/c1-3-15-10-7(6-14)9(13(2)12)5-4-8(10)11;2-3-1-4/h4-5,14H,3,6,12H2,1-2H3;1H,2H2,(H,3,4). The Labute approximate surface area is 115 Å². The van der Waals surface area contributed by atoms with Gasteiger partial charge in [-0.3, -0.25) is 10.2 Å². The van der Waals surface area contributed by atoms with E-state index in [1.54, 1.807) is 18.5 Å². The second-order valence-corrected chi connectivity index (χ2v) is 4.64. The Morgan fingerprint density at radius 2 is 2.16 bits per heavy atom. The minimum absolute atomic E-state index is 0.211.